The van der Waals surface area contributed by atoms with E-state index >= 15 is 0 Å². The molecule has 0 aliphatic carbocycles. The van der Waals surface area contributed by atoms with Crippen LogP contribution in [0.3, 0.4) is 0 Å². The van der Waals surface area contributed by atoms with Gasteiger partial charge < -0.3 is 10.5 Å². The monoisotopic (exact) mass is 243 g/mol. The normalized spacial score (nSPS) is 12.4. The number of benzene rings is 1. The molecule has 0 radical (unpaired) electrons. The van der Waals surface area contributed by atoms with Crippen molar-refractivity contribution in [3.8, 4) is 0 Å². The van der Waals surface area contributed by atoms with Gasteiger partial charge in [-0.1, -0.05) is 42.0 Å². The van der Waals surface area contributed by atoms with Gasteiger partial charge in [0.25, 0.3) is 0 Å². The first-order valence-corrected chi connectivity index (χ1v) is 5.51. The smallest absolute Gasteiger partial charge is 0.0753 e. The van der Waals surface area contributed by atoms with E-state index in [0.717, 1.165) is 10.6 Å². The summed E-state index contributed by atoms with van der Waals surface area (Å²) in [5, 5.41) is 0.722. The van der Waals surface area contributed by atoms with Crippen molar-refractivity contribution in [2.75, 3.05) is 0 Å². The molecule has 1 aromatic carbocycles. The maximum atomic E-state index is 5.98. The largest absolute Gasteiger partial charge is 0.393 e. The third kappa shape index (κ3) is 4.60. The summed E-state index contributed by atoms with van der Waals surface area (Å²) in [6, 6.07) is 7.61. The van der Waals surface area contributed by atoms with Crippen LogP contribution in [0.4, 0.5) is 0 Å². The Balaban J connectivity index is 2.43. The fourth-order valence-electron chi connectivity index (χ4n) is 1.19. The van der Waals surface area contributed by atoms with Gasteiger partial charge in [0.1, 0.15) is 0 Å². The molecule has 0 saturated heterocycles. The summed E-state index contributed by atoms with van der Waals surface area (Å²) in [6.07, 6.45) is 0.624. The van der Waals surface area contributed by atoms with Crippen molar-refractivity contribution in [3.05, 3.63) is 34.9 Å². The highest BCUT2D eigenvalue weighted by molar-refractivity contribution is 7.80. The summed E-state index contributed by atoms with van der Waals surface area (Å²) in [7, 11) is 0. The Kier molecular flexibility index (Phi) is 5.02. The summed E-state index contributed by atoms with van der Waals surface area (Å²) < 4.78 is 5.57. The van der Waals surface area contributed by atoms with Gasteiger partial charge in [-0.05, 0) is 18.6 Å². The minimum atomic E-state index is 0.0266. The molecule has 0 aliphatic heterocycles. The molecule has 82 valence electrons. The van der Waals surface area contributed by atoms with Crippen molar-refractivity contribution in [2.45, 2.75) is 26.1 Å². The summed E-state index contributed by atoms with van der Waals surface area (Å²) >= 11 is 10.8. The topological polar surface area (TPSA) is 35.2 Å². The molecule has 0 heterocycles. The highest BCUT2D eigenvalue weighted by Crippen LogP contribution is 2.16. The summed E-state index contributed by atoms with van der Waals surface area (Å²) in [4.78, 5) is 0.474. The molecule has 0 bridgehead atoms. The molecule has 2 N–H and O–H groups in total. The van der Waals surface area contributed by atoms with E-state index in [1.165, 1.54) is 0 Å². The molecule has 4 heteroatoms. The molecule has 0 saturated carbocycles. The van der Waals surface area contributed by atoms with Gasteiger partial charge in [0.15, 0.2) is 0 Å². The number of ether oxygens (including phenoxy) is 1. The van der Waals surface area contributed by atoms with Gasteiger partial charge in [0.2, 0.25) is 0 Å². The predicted octanol–water partition coefficient (Wildman–Crippen LogP) is 2.92. The second-order valence-electron chi connectivity index (χ2n) is 3.38. The van der Waals surface area contributed by atoms with Crippen LogP contribution in [0.15, 0.2) is 24.3 Å². The Hall–Kier alpha value is -0.640. The van der Waals surface area contributed by atoms with Gasteiger partial charge in [-0.15, -0.1) is 0 Å². The molecule has 0 aliphatic rings. The van der Waals surface area contributed by atoms with Gasteiger partial charge in [-0.25, -0.2) is 0 Å². The Bertz CT molecular complexity index is 343. The molecule has 0 spiro atoms. The van der Waals surface area contributed by atoms with Crippen molar-refractivity contribution in [1.29, 1.82) is 0 Å². The SMILES string of the molecule is CC(CC(N)=S)OCc1ccccc1Cl. The van der Waals surface area contributed by atoms with Gasteiger partial charge in [-0.3, -0.25) is 0 Å². The zero-order valence-electron chi connectivity index (χ0n) is 8.57. The molecular formula is C11H14ClNOS. The molecule has 1 unspecified atom stereocenters. The van der Waals surface area contributed by atoms with E-state index in [1.807, 2.05) is 31.2 Å². The maximum Gasteiger partial charge on any atom is 0.0753 e. The second kappa shape index (κ2) is 6.05. The lowest BCUT2D eigenvalue weighted by Crippen LogP contribution is -2.18. The second-order valence-corrected chi connectivity index (χ2v) is 4.32. The van der Waals surface area contributed by atoms with Crippen LogP contribution in [0.2, 0.25) is 5.02 Å². The van der Waals surface area contributed by atoms with E-state index < -0.39 is 0 Å². The minimum absolute atomic E-state index is 0.0266. The number of hydrogen-bond donors (Lipinski definition) is 1. The van der Waals surface area contributed by atoms with Crippen LogP contribution in [0.25, 0.3) is 0 Å². The Labute approximate surface area is 100 Å². The van der Waals surface area contributed by atoms with Crippen LogP contribution in [-0.4, -0.2) is 11.1 Å². The summed E-state index contributed by atoms with van der Waals surface area (Å²) in [6.45, 7) is 2.43. The van der Waals surface area contributed by atoms with E-state index in [1.54, 1.807) is 0 Å². The van der Waals surface area contributed by atoms with E-state index in [4.69, 9.17) is 34.3 Å². The first-order chi connectivity index (χ1) is 7.09. The predicted molar refractivity (Wildman–Crippen MR) is 67.1 cm³/mol. The number of nitrogens with two attached hydrogens (primary N) is 1. The Morgan fingerprint density at radius 2 is 2.20 bits per heavy atom. The fraction of sp³-hybridized carbons (Fsp3) is 0.364. The van der Waals surface area contributed by atoms with Gasteiger partial charge in [0.05, 0.1) is 17.7 Å². The van der Waals surface area contributed by atoms with Crippen LogP contribution in [0.1, 0.15) is 18.9 Å². The lowest BCUT2D eigenvalue weighted by Gasteiger charge is -2.12. The van der Waals surface area contributed by atoms with Crippen molar-refractivity contribution in [1.82, 2.24) is 0 Å². The molecule has 1 aromatic rings. The Morgan fingerprint density at radius 3 is 2.80 bits per heavy atom. The third-order valence-corrected chi connectivity index (χ3v) is 2.51. The number of hydrogen-bond acceptors (Lipinski definition) is 2. The highest BCUT2D eigenvalue weighted by atomic mass is 35.5. The fourth-order valence-corrected chi connectivity index (χ4v) is 1.61. The quantitative estimate of drug-likeness (QED) is 0.808. The summed E-state index contributed by atoms with van der Waals surface area (Å²) in [5.41, 5.74) is 6.40. The van der Waals surface area contributed by atoms with Gasteiger partial charge >= 0.3 is 0 Å². The van der Waals surface area contributed by atoms with Gasteiger partial charge in [-0.2, -0.15) is 0 Å². The standard InChI is InChI=1S/C11H14ClNOS/c1-8(6-11(13)15)14-7-9-4-2-3-5-10(9)12/h2-5,8H,6-7H2,1H3,(H2,13,15). The van der Waals surface area contributed by atoms with Crippen molar-refractivity contribution in [3.63, 3.8) is 0 Å². The number of halogens is 1. The average Bonchev–Trinajstić information content (AvgIpc) is 2.15. The number of thiocarbonyl (C=S) groups is 1. The van der Waals surface area contributed by atoms with E-state index in [9.17, 15) is 0 Å². The van der Waals surface area contributed by atoms with Crippen LogP contribution in [-0.2, 0) is 11.3 Å². The zero-order valence-corrected chi connectivity index (χ0v) is 10.1. The van der Waals surface area contributed by atoms with Crippen LogP contribution < -0.4 is 5.73 Å². The van der Waals surface area contributed by atoms with Crippen molar-refractivity contribution >= 4 is 28.8 Å². The lowest BCUT2D eigenvalue weighted by molar-refractivity contribution is 0.0583. The van der Waals surface area contributed by atoms with Crippen LogP contribution in [0, 0.1) is 0 Å². The van der Waals surface area contributed by atoms with Crippen molar-refractivity contribution in [2.24, 2.45) is 5.73 Å². The molecular weight excluding hydrogens is 230 g/mol. The zero-order chi connectivity index (χ0) is 11.3. The van der Waals surface area contributed by atoms with Crippen LogP contribution in [0.5, 0.6) is 0 Å². The molecule has 15 heavy (non-hydrogen) atoms. The molecule has 1 atom stereocenters. The lowest BCUT2D eigenvalue weighted by atomic mass is 10.2. The maximum absolute atomic E-state index is 5.98. The Morgan fingerprint density at radius 1 is 1.53 bits per heavy atom. The highest BCUT2D eigenvalue weighted by Gasteiger charge is 2.05. The number of rotatable bonds is 5. The summed E-state index contributed by atoms with van der Waals surface area (Å²) in [5.74, 6) is 0. The third-order valence-electron chi connectivity index (χ3n) is 1.97. The van der Waals surface area contributed by atoms with E-state index in [0.29, 0.717) is 18.0 Å². The van der Waals surface area contributed by atoms with Crippen LogP contribution >= 0.6 is 23.8 Å². The van der Waals surface area contributed by atoms with E-state index in [-0.39, 0.29) is 6.10 Å². The first-order valence-electron chi connectivity index (χ1n) is 4.73. The molecule has 1 rings (SSSR count). The molecule has 0 amide bonds. The minimum Gasteiger partial charge on any atom is -0.393 e. The molecule has 0 aromatic heterocycles. The van der Waals surface area contributed by atoms with Crippen molar-refractivity contribution < 1.29 is 4.74 Å². The molecule has 2 nitrogen and oxygen atoms in total. The van der Waals surface area contributed by atoms with Gasteiger partial charge in [0, 0.05) is 11.4 Å². The molecule has 0 fully saturated rings. The first kappa shape index (κ1) is 12.4. The van der Waals surface area contributed by atoms with E-state index in [2.05, 4.69) is 0 Å². The average molecular weight is 244 g/mol.